The molecule has 0 aliphatic rings. The Labute approximate surface area is 209 Å². The average Bonchev–Trinajstić information content (AvgIpc) is 3.29. The monoisotopic (exact) mass is 502 g/mol. The van der Waals surface area contributed by atoms with Crippen molar-refractivity contribution in [2.45, 2.75) is 18.8 Å². The lowest BCUT2D eigenvalue weighted by Crippen LogP contribution is -2.23. The van der Waals surface area contributed by atoms with Crippen molar-refractivity contribution in [2.24, 2.45) is 0 Å². The molecule has 5 rings (SSSR count). The summed E-state index contributed by atoms with van der Waals surface area (Å²) in [5, 5.41) is 3.10. The van der Waals surface area contributed by atoms with Crippen molar-refractivity contribution in [2.75, 3.05) is 5.32 Å². The van der Waals surface area contributed by atoms with Crippen LogP contribution in [0.1, 0.15) is 17.9 Å². The number of benzene rings is 2. The fourth-order valence-corrected chi connectivity index (χ4v) is 4.40. The summed E-state index contributed by atoms with van der Waals surface area (Å²) >= 11 is 0. The van der Waals surface area contributed by atoms with Crippen molar-refractivity contribution < 1.29 is 18.0 Å². The van der Waals surface area contributed by atoms with Crippen LogP contribution in [-0.4, -0.2) is 27.3 Å². The zero-order valence-corrected chi connectivity index (χ0v) is 19.3. The Balaban J connectivity index is 1.53. The number of anilines is 1. The molecule has 0 bridgehead atoms. The highest BCUT2D eigenvalue weighted by Crippen LogP contribution is 2.37. The highest BCUT2D eigenvalue weighted by atomic mass is 19.3. The van der Waals surface area contributed by atoms with E-state index in [0.29, 0.717) is 27.7 Å². The minimum Gasteiger partial charge on any atom is -0.354 e. The normalized spacial score (nSPS) is 12.1. The molecule has 0 fully saturated rings. The van der Waals surface area contributed by atoms with E-state index in [-0.39, 0.29) is 16.9 Å². The smallest absolute Gasteiger partial charge is 0.258 e. The first-order valence-corrected chi connectivity index (χ1v) is 11.5. The molecule has 6 nitrogen and oxygen atoms in total. The fraction of sp³-hybridized carbons (Fsp3) is 0.107. The molecule has 0 saturated carbocycles. The van der Waals surface area contributed by atoms with Crippen molar-refractivity contribution in [3.05, 3.63) is 107 Å². The lowest BCUT2D eigenvalue weighted by Gasteiger charge is -2.17. The van der Waals surface area contributed by atoms with E-state index in [1.165, 1.54) is 18.3 Å². The van der Waals surface area contributed by atoms with E-state index in [2.05, 4.69) is 20.3 Å². The molecule has 2 aromatic carbocycles. The molecular weight excluding hydrogens is 481 g/mol. The summed E-state index contributed by atoms with van der Waals surface area (Å²) in [5.41, 5.74) is 3.42. The third-order valence-corrected chi connectivity index (χ3v) is 6.09. The number of amides is 1. The van der Waals surface area contributed by atoms with Crippen molar-refractivity contribution in [1.29, 1.82) is 0 Å². The number of fused-ring (bicyclic) bond motifs is 1. The number of alkyl halides is 2. The molecule has 37 heavy (non-hydrogen) atoms. The molecule has 0 unspecified atom stereocenters. The second-order valence-corrected chi connectivity index (χ2v) is 8.49. The van der Waals surface area contributed by atoms with Crippen LogP contribution in [-0.2, 0) is 4.79 Å². The first-order chi connectivity index (χ1) is 17.9. The van der Waals surface area contributed by atoms with E-state index in [9.17, 15) is 22.8 Å². The standard InChI is InChI=1S/C28H21F3N4O2/c29-19-8-6-16(7-9-19)20(15-22(30)31)27(36)35-23-14-18(10-12-32-23)26-24(17-4-2-1-3-5-17)25-21(34-26)11-13-33-28(25)37/h1-14,20,22,34H,15H2,(H,33,37)(H,32,35,36)/t20-/m0/s1. The lowest BCUT2D eigenvalue weighted by atomic mass is 9.95. The number of nitrogens with zero attached hydrogens (tertiary/aromatic N) is 1. The minimum atomic E-state index is -2.74. The number of hydrogen-bond donors (Lipinski definition) is 3. The largest absolute Gasteiger partial charge is 0.354 e. The van der Waals surface area contributed by atoms with Gasteiger partial charge >= 0.3 is 0 Å². The summed E-state index contributed by atoms with van der Waals surface area (Å²) in [6, 6.07) is 19.4. The van der Waals surface area contributed by atoms with Gasteiger partial charge < -0.3 is 15.3 Å². The van der Waals surface area contributed by atoms with E-state index in [1.54, 1.807) is 24.4 Å². The zero-order chi connectivity index (χ0) is 25.9. The number of nitrogens with one attached hydrogen (secondary N) is 3. The van der Waals surface area contributed by atoms with Gasteiger partial charge in [-0.15, -0.1) is 0 Å². The molecular formula is C28H21F3N4O2. The molecule has 1 atom stereocenters. The Hall–Kier alpha value is -4.66. The highest BCUT2D eigenvalue weighted by molar-refractivity contribution is 6.03. The van der Waals surface area contributed by atoms with Gasteiger partial charge in [-0.2, -0.15) is 0 Å². The Morgan fingerprint density at radius 2 is 1.73 bits per heavy atom. The Kier molecular flexibility index (Phi) is 6.59. The van der Waals surface area contributed by atoms with Crippen LogP contribution in [0.25, 0.3) is 33.3 Å². The Morgan fingerprint density at radius 1 is 0.973 bits per heavy atom. The summed E-state index contributed by atoms with van der Waals surface area (Å²) in [5.74, 6) is -2.26. The van der Waals surface area contributed by atoms with Crippen LogP contribution in [0, 0.1) is 5.82 Å². The Morgan fingerprint density at radius 3 is 2.46 bits per heavy atom. The second kappa shape index (κ2) is 10.1. The molecule has 3 N–H and O–H groups in total. The van der Waals surface area contributed by atoms with Gasteiger partial charge in [0.15, 0.2) is 0 Å². The van der Waals surface area contributed by atoms with Crippen molar-refractivity contribution in [1.82, 2.24) is 15.0 Å². The first kappa shape index (κ1) is 24.1. The topological polar surface area (TPSA) is 90.6 Å². The summed E-state index contributed by atoms with van der Waals surface area (Å²) in [6.45, 7) is 0. The number of rotatable bonds is 7. The van der Waals surface area contributed by atoms with Crippen LogP contribution in [0.15, 0.2) is 90.0 Å². The first-order valence-electron chi connectivity index (χ1n) is 11.5. The number of aromatic nitrogens is 3. The van der Waals surface area contributed by atoms with E-state index in [0.717, 1.165) is 17.7 Å². The van der Waals surface area contributed by atoms with Gasteiger partial charge in [0.05, 0.1) is 22.5 Å². The van der Waals surface area contributed by atoms with Gasteiger partial charge in [-0.3, -0.25) is 9.59 Å². The van der Waals surface area contributed by atoms with Gasteiger partial charge in [0.2, 0.25) is 12.3 Å². The predicted molar refractivity (Wildman–Crippen MR) is 136 cm³/mol. The van der Waals surface area contributed by atoms with Crippen molar-refractivity contribution >= 4 is 22.6 Å². The lowest BCUT2D eigenvalue weighted by molar-refractivity contribution is -0.118. The van der Waals surface area contributed by atoms with Crippen LogP contribution >= 0.6 is 0 Å². The quantitative estimate of drug-likeness (QED) is 0.251. The maximum Gasteiger partial charge on any atom is 0.258 e. The number of carbonyl (C=O) groups is 1. The predicted octanol–water partition coefficient (Wildman–Crippen LogP) is 6.10. The van der Waals surface area contributed by atoms with Crippen LogP contribution in [0.4, 0.5) is 19.0 Å². The number of carbonyl (C=O) groups excluding carboxylic acids is 1. The summed E-state index contributed by atoms with van der Waals surface area (Å²) in [6.07, 6.45) is -0.426. The zero-order valence-electron chi connectivity index (χ0n) is 19.3. The van der Waals surface area contributed by atoms with Gasteiger partial charge in [-0.25, -0.2) is 18.2 Å². The molecule has 3 aromatic heterocycles. The third kappa shape index (κ3) is 5.02. The molecule has 0 aliphatic heterocycles. The van der Waals surface area contributed by atoms with E-state index in [1.807, 2.05) is 30.3 Å². The second-order valence-electron chi connectivity index (χ2n) is 8.49. The van der Waals surface area contributed by atoms with Gasteiger partial charge in [0, 0.05) is 29.9 Å². The SMILES string of the molecule is O=C(Nc1cc(-c2[nH]c3cc[nH]c(=O)c3c2-c2ccccc2)ccn1)[C@@H](CC(F)F)c1ccc(F)cc1. The maximum atomic E-state index is 13.3. The van der Waals surface area contributed by atoms with E-state index < -0.39 is 30.5 Å². The number of halogens is 3. The minimum absolute atomic E-state index is 0.149. The number of aromatic amines is 2. The summed E-state index contributed by atoms with van der Waals surface area (Å²) in [4.78, 5) is 35.9. The van der Waals surface area contributed by atoms with Crippen LogP contribution in [0.5, 0.6) is 0 Å². The number of pyridine rings is 2. The van der Waals surface area contributed by atoms with Gasteiger partial charge in [0.25, 0.3) is 5.56 Å². The molecule has 0 spiro atoms. The van der Waals surface area contributed by atoms with E-state index in [4.69, 9.17) is 0 Å². The summed E-state index contributed by atoms with van der Waals surface area (Å²) < 4.78 is 39.9. The van der Waals surface area contributed by atoms with E-state index >= 15 is 0 Å². The van der Waals surface area contributed by atoms with Crippen LogP contribution in [0.3, 0.4) is 0 Å². The molecule has 3 heterocycles. The maximum absolute atomic E-state index is 13.3. The van der Waals surface area contributed by atoms with Crippen molar-refractivity contribution in [3.8, 4) is 22.4 Å². The molecule has 9 heteroatoms. The van der Waals surface area contributed by atoms with Gasteiger partial charge in [-0.1, -0.05) is 42.5 Å². The van der Waals surface area contributed by atoms with Gasteiger partial charge in [0.1, 0.15) is 11.6 Å². The van der Waals surface area contributed by atoms with Crippen LogP contribution in [0.2, 0.25) is 0 Å². The highest BCUT2D eigenvalue weighted by Gasteiger charge is 2.26. The molecule has 5 aromatic rings. The number of hydrogen-bond acceptors (Lipinski definition) is 3. The van der Waals surface area contributed by atoms with Gasteiger partial charge in [-0.05, 0) is 41.5 Å². The fourth-order valence-electron chi connectivity index (χ4n) is 4.40. The van der Waals surface area contributed by atoms with Crippen LogP contribution < -0.4 is 10.9 Å². The number of H-pyrrole nitrogens is 2. The molecule has 0 radical (unpaired) electrons. The molecule has 0 saturated heterocycles. The summed E-state index contributed by atoms with van der Waals surface area (Å²) in [7, 11) is 0. The third-order valence-electron chi connectivity index (χ3n) is 6.09. The average molecular weight is 502 g/mol. The molecule has 186 valence electrons. The molecule has 1 amide bonds. The Bertz CT molecular complexity index is 1610. The molecule has 0 aliphatic carbocycles. The van der Waals surface area contributed by atoms with Crippen molar-refractivity contribution in [3.63, 3.8) is 0 Å².